The van der Waals surface area contributed by atoms with Gasteiger partial charge in [0.25, 0.3) is 11.4 Å². The summed E-state index contributed by atoms with van der Waals surface area (Å²) in [6, 6.07) is 12.1. The first-order chi connectivity index (χ1) is 13.2. The van der Waals surface area contributed by atoms with Crippen molar-refractivity contribution in [3.8, 4) is 11.5 Å². The van der Waals surface area contributed by atoms with Crippen molar-refractivity contribution >= 4 is 10.8 Å². The molecule has 1 aliphatic carbocycles. The molecule has 4 aromatic rings. The number of hydrogen-bond acceptors (Lipinski definition) is 5. The molecule has 0 spiro atoms. The number of aromatic amines is 1. The third-order valence-corrected chi connectivity index (χ3v) is 4.79. The monoisotopic (exact) mass is 362 g/mol. The number of hydrogen-bond donors (Lipinski definition) is 1. The SMILES string of the molecule is O=c1[nH]nc(Cc2ccc(F)c(-c3nc(C4CC4)no3)c2)c2ccccc12. The minimum Gasteiger partial charge on any atom is -0.334 e. The zero-order valence-corrected chi connectivity index (χ0v) is 14.3. The maximum atomic E-state index is 14.3. The zero-order valence-electron chi connectivity index (χ0n) is 14.3. The first-order valence-electron chi connectivity index (χ1n) is 8.78. The second-order valence-electron chi connectivity index (χ2n) is 6.77. The number of nitrogens with one attached hydrogen (secondary N) is 1. The molecule has 6 nitrogen and oxygen atoms in total. The standard InChI is InChI=1S/C20H15FN4O2/c21-16-8-5-11(9-15(16)20-22-18(25-27-20)12-6-7-12)10-17-13-3-1-2-4-14(13)19(26)24-23-17/h1-5,8-9,12H,6-7,10H2,(H,24,26). The predicted molar refractivity (Wildman–Crippen MR) is 96.8 cm³/mol. The van der Waals surface area contributed by atoms with E-state index in [1.54, 1.807) is 18.2 Å². The summed E-state index contributed by atoms with van der Waals surface area (Å²) < 4.78 is 19.6. The van der Waals surface area contributed by atoms with Crippen molar-refractivity contribution in [3.05, 3.63) is 75.7 Å². The first kappa shape index (κ1) is 15.9. The van der Waals surface area contributed by atoms with Crippen molar-refractivity contribution in [2.24, 2.45) is 0 Å². The topological polar surface area (TPSA) is 84.7 Å². The maximum absolute atomic E-state index is 14.3. The summed E-state index contributed by atoms with van der Waals surface area (Å²) in [7, 11) is 0. The van der Waals surface area contributed by atoms with Crippen LogP contribution in [0.3, 0.4) is 0 Å². The van der Waals surface area contributed by atoms with E-state index in [-0.39, 0.29) is 17.0 Å². The average molecular weight is 362 g/mol. The summed E-state index contributed by atoms with van der Waals surface area (Å²) in [4.78, 5) is 16.3. The van der Waals surface area contributed by atoms with Crippen LogP contribution in [-0.4, -0.2) is 20.3 Å². The third-order valence-electron chi connectivity index (χ3n) is 4.79. The van der Waals surface area contributed by atoms with Gasteiger partial charge in [-0.15, -0.1) is 0 Å². The number of halogens is 1. The molecule has 1 aliphatic rings. The van der Waals surface area contributed by atoms with Crippen LogP contribution < -0.4 is 5.56 Å². The Bertz CT molecular complexity index is 1210. The van der Waals surface area contributed by atoms with Gasteiger partial charge in [0.15, 0.2) is 5.82 Å². The molecule has 0 atom stereocenters. The molecule has 5 rings (SSSR count). The van der Waals surface area contributed by atoms with Crippen molar-refractivity contribution in [3.63, 3.8) is 0 Å². The Hall–Kier alpha value is -3.35. The predicted octanol–water partition coefficient (Wildman–Crippen LogP) is 3.58. The van der Waals surface area contributed by atoms with Crippen LogP contribution >= 0.6 is 0 Å². The van der Waals surface area contributed by atoms with Crippen LogP contribution in [0.15, 0.2) is 51.8 Å². The van der Waals surface area contributed by atoms with Crippen LogP contribution in [0.5, 0.6) is 0 Å². The molecule has 2 heterocycles. The zero-order chi connectivity index (χ0) is 18.4. The number of rotatable bonds is 4. The van der Waals surface area contributed by atoms with Crippen LogP contribution in [0.1, 0.15) is 35.8 Å². The number of nitrogens with zero attached hydrogens (tertiary/aromatic N) is 3. The van der Waals surface area contributed by atoms with Crippen molar-refractivity contribution in [1.29, 1.82) is 0 Å². The molecule has 27 heavy (non-hydrogen) atoms. The van der Waals surface area contributed by atoms with E-state index in [4.69, 9.17) is 4.52 Å². The summed E-state index contributed by atoms with van der Waals surface area (Å²) in [6.07, 6.45) is 2.53. The van der Waals surface area contributed by atoms with Crippen molar-refractivity contribution in [2.75, 3.05) is 0 Å². The Morgan fingerprint density at radius 1 is 1.15 bits per heavy atom. The van der Waals surface area contributed by atoms with Gasteiger partial charge in [0, 0.05) is 17.7 Å². The van der Waals surface area contributed by atoms with Crippen LogP contribution in [0.4, 0.5) is 4.39 Å². The highest BCUT2D eigenvalue weighted by molar-refractivity contribution is 5.83. The van der Waals surface area contributed by atoms with Crippen LogP contribution in [0.25, 0.3) is 22.2 Å². The van der Waals surface area contributed by atoms with E-state index in [1.165, 1.54) is 6.07 Å². The lowest BCUT2D eigenvalue weighted by molar-refractivity contribution is 0.420. The second kappa shape index (κ2) is 6.12. The highest BCUT2D eigenvalue weighted by Gasteiger charge is 2.29. The number of fused-ring (bicyclic) bond motifs is 1. The molecular formula is C20H15FN4O2. The van der Waals surface area contributed by atoms with E-state index in [0.29, 0.717) is 29.2 Å². The highest BCUT2D eigenvalue weighted by atomic mass is 19.1. The average Bonchev–Trinajstić information content (AvgIpc) is 3.43. The smallest absolute Gasteiger partial charge is 0.272 e. The molecular weight excluding hydrogens is 347 g/mol. The molecule has 7 heteroatoms. The number of H-pyrrole nitrogens is 1. The van der Waals surface area contributed by atoms with E-state index < -0.39 is 5.82 Å². The van der Waals surface area contributed by atoms with Gasteiger partial charge in [-0.2, -0.15) is 10.1 Å². The molecule has 2 aromatic carbocycles. The Morgan fingerprint density at radius 3 is 2.78 bits per heavy atom. The van der Waals surface area contributed by atoms with Gasteiger partial charge in [-0.3, -0.25) is 4.79 Å². The van der Waals surface area contributed by atoms with Gasteiger partial charge in [0.1, 0.15) is 5.82 Å². The molecule has 1 saturated carbocycles. The number of aromatic nitrogens is 4. The summed E-state index contributed by atoms with van der Waals surface area (Å²) in [5.74, 6) is 0.758. The minimum atomic E-state index is -0.413. The lowest BCUT2D eigenvalue weighted by Gasteiger charge is -2.06. The van der Waals surface area contributed by atoms with Gasteiger partial charge in [0.05, 0.1) is 16.6 Å². The molecule has 1 N–H and O–H groups in total. The van der Waals surface area contributed by atoms with Gasteiger partial charge < -0.3 is 4.52 Å². The largest absolute Gasteiger partial charge is 0.334 e. The van der Waals surface area contributed by atoms with E-state index in [9.17, 15) is 9.18 Å². The number of benzene rings is 2. The molecule has 0 bridgehead atoms. The third kappa shape index (κ3) is 2.91. The molecule has 2 aromatic heterocycles. The molecule has 0 radical (unpaired) electrons. The van der Waals surface area contributed by atoms with E-state index in [0.717, 1.165) is 23.8 Å². The minimum absolute atomic E-state index is 0.190. The van der Waals surface area contributed by atoms with Crippen molar-refractivity contribution in [1.82, 2.24) is 20.3 Å². The quantitative estimate of drug-likeness (QED) is 0.600. The fraction of sp³-hybridized carbons (Fsp3) is 0.200. The maximum Gasteiger partial charge on any atom is 0.272 e. The van der Waals surface area contributed by atoms with Crippen LogP contribution in [0.2, 0.25) is 0 Å². The van der Waals surface area contributed by atoms with Gasteiger partial charge >= 0.3 is 0 Å². The Morgan fingerprint density at radius 2 is 1.96 bits per heavy atom. The van der Waals surface area contributed by atoms with E-state index in [2.05, 4.69) is 20.3 Å². The molecule has 0 amide bonds. The van der Waals surface area contributed by atoms with Gasteiger partial charge in [0.2, 0.25) is 0 Å². The van der Waals surface area contributed by atoms with Gasteiger partial charge in [-0.1, -0.05) is 29.4 Å². The van der Waals surface area contributed by atoms with E-state index in [1.807, 2.05) is 18.2 Å². The highest BCUT2D eigenvalue weighted by Crippen LogP contribution is 2.39. The normalized spacial score (nSPS) is 14.0. The van der Waals surface area contributed by atoms with Gasteiger partial charge in [-0.05, 0) is 36.6 Å². The lowest BCUT2D eigenvalue weighted by Crippen LogP contribution is -2.11. The Balaban J connectivity index is 1.53. The molecule has 134 valence electrons. The molecule has 0 aliphatic heterocycles. The molecule has 0 unspecified atom stereocenters. The van der Waals surface area contributed by atoms with E-state index >= 15 is 0 Å². The van der Waals surface area contributed by atoms with Gasteiger partial charge in [-0.25, -0.2) is 9.49 Å². The fourth-order valence-electron chi connectivity index (χ4n) is 3.20. The van der Waals surface area contributed by atoms with Crippen molar-refractivity contribution in [2.45, 2.75) is 25.2 Å². The summed E-state index contributed by atoms with van der Waals surface area (Å²) >= 11 is 0. The Labute approximate surface area is 153 Å². The Kier molecular flexibility index (Phi) is 3.60. The summed E-state index contributed by atoms with van der Waals surface area (Å²) in [5, 5.41) is 12.0. The molecule has 0 saturated heterocycles. The molecule has 1 fully saturated rings. The lowest BCUT2D eigenvalue weighted by atomic mass is 10.0. The fourth-order valence-corrected chi connectivity index (χ4v) is 3.20. The second-order valence-corrected chi connectivity index (χ2v) is 6.77. The first-order valence-corrected chi connectivity index (χ1v) is 8.78. The summed E-state index contributed by atoms with van der Waals surface area (Å²) in [5.41, 5.74) is 1.60. The van der Waals surface area contributed by atoms with Crippen LogP contribution in [0, 0.1) is 5.82 Å². The van der Waals surface area contributed by atoms with Crippen LogP contribution in [-0.2, 0) is 6.42 Å². The van der Waals surface area contributed by atoms with Crippen molar-refractivity contribution < 1.29 is 8.91 Å². The summed E-state index contributed by atoms with van der Waals surface area (Å²) in [6.45, 7) is 0.